The van der Waals surface area contributed by atoms with Crippen molar-refractivity contribution < 1.29 is 9.90 Å². The normalized spacial score (nSPS) is 23.2. The van der Waals surface area contributed by atoms with Crippen LogP contribution in [0, 0.1) is 6.92 Å². The molecule has 18 heavy (non-hydrogen) atoms. The predicted molar refractivity (Wildman–Crippen MR) is 71.9 cm³/mol. The number of hydrogen-bond donors (Lipinski definition) is 2. The topological polar surface area (TPSA) is 52.6 Å². The van der Waals surface area contributed by atoms with Gasteiger partial charge in [-0.2, -0.15) is 0 Å². The molecule has 4 heteroatoms. The third kappa shape index (κ3) is 2.48. The monoisotopic (exact) mass is 248 g/mol. The average Bonchev–Trinajstić information content (AvgIpc) is 2.68. The fraction of sp³-hybridized carbons (Fsp3) is 0.500. The zero-order valence-corrected chi connectivity index (χ0v) is 11.2. The zero-order valence-electron chi connectivity index (χ0n) is 11.2. The van der Waals surface area contributed by atoms with Crippen LogP contribution in [-0.2, 0) is 0 Å². The van der Waals surface area contributed by atoms with E-state index in [2.05, 4.69) is 5.32 Å². The quantitative estimate of drug-likeness (QED) is 0.836. The molecule has 1 saturated heterocycles. The molecule has 1 aromatic rings. The lowest BCUT2D eigenvalue weighted by Gasteiger charge is -2.20. The van der Waals surface area contributed by atoms with Crippen LogP contribution in [0.5, 0.6) is 0 Å². The molecule has 2 N–H and O–H groups in total. The Bertz CT molecular complexity index is 469. The van der Waals surface area contributed by atoms with E-state index in [1.54, 1.807) is 11.8 Å². The van der Waals surface area contributed by atoms with Crippen molar-refractivity contribution in [2.45, 2.75) is 25.9 Å². The van der Waals surface area contributed by atoms with Crippen molar-refractivity contribution >= 4 is 11.6 Å². The summed E-state index contributed by atoms with van der Waals surface area (Å²) in [5.74, 6) is 0.00734. The molecule has 0 saturated carbocycles. The first-order chi connectivity index (χ1) is 8.43. The summed E-state index contributed by atoms with van der Waals surface area (Å²) in [7, 11) is 1.86. The van der Waals surface area contributed by atoms with Gasteiger partial charge in [-0.05, 0) is 44.0 Å². The largest absolute Gasteiger partial charge is 0.388 e. The number of β-amino-alcohol motifs (C(OH)–C–C–N with tert-alkyl or cyclic N) is 1. The molecule has 1 aliphatic rings. The fourth-order valence-corrected chi connectivity index (χ4v) is 2.35. The lowest BCUT2D eigenvalue weighted by atomic mass is 10.1. The van der Waals surface area contributed by atoms with Gasteiger partial charge in [-0.1, -0.05) is 0 Å². The number of hydrogen-bond acceptors (Lipinski definition) is 3. The zero-order chi connectivity index (χ0) is 13.3. The van der Waals surface area contributed by atoms with Crippen LogP contribution >= 0.6 is 0 Å². The van der Waals surface area contributed by atoms with Crippen molar-refractivity contribution in [1.82, 2.24) is 4.90 Å². The van der Waals surface area contributed by atoms with Gasteiger partial charge in [0, 0.05) is 31.4 Å². The van der Waals surface area contributed by atoms with E-state index in [1.807, 2.05) is 32.2 Å². The van der Waals surface area contributed by atoms with E-state index in [1.165, 1.54) is 0 Å². The SMILES string of the molecule is CNc1ccc(C(=O)N2CCC(C)(O)C2)c(C)c1. The summed E-state index contributed by atoms with van der Waals surface area (Å²) in [5.41, 5.74) is 1.93. The molecule has 2 rings (SSSR count). The standard InChI is InChI=1S/C14H20N2O2/c1-10-8-11(15-3)4-5-12(10)13(17)16-7-6-14(2,18)9-16/h4-5,8,15,18H,6-7,9H2,1-3H3. The van der Waals surface area contributed by atoms with Gasteiger partial charge in [-0.3, -0.25) is 4.79 Å². The molecule has 1 unspecified atom stereocenters. The van der Waals surface area contributed by atoms with Gasteiger partial charge in [-0.15, -0.1) is 0 Å². The lowest BCUT2D eigenvalue weighted by molar-refractivity contribution is 0.0571. The van der Waals surface area contributed by atoms with Crippen molar-refractivity contribution in [3.05, 3.63) is 29.3 Å². The number of rotatable bonds is 2. The maximum absolute atomic E-state index is 12.3. The summed E-state index contributed by atoms with van der Waals surface area (Å²) in [5, 5.41) is 13.0. The van der Waals surface area contributed by atoms with Gasteiger partial charge in [-0.25, -0.2) is 0 Å². The van der Waals surface area contributed by atoms with Crippen molar-refractivity contribution in [2.75, 3.05) is 25.5 Å². The maximum Gasteiger partial charge on any atom is 0.254 e. The van der Waals surface area contributed by atoms with Crippen LogP contribution in [0.4, 0.5) is 5.69 Å². The Morgan fingerprint density at radius 3 is 2.72 bits per heavy atom. The molecule has 0 radical (unpaired) electrons. The summed E-state index contributed by atoms with van der Waals surface area (Å²) >= 11 is 0. The molecule has 0 bridgehead atoms. The molecule has 0 aromatic heterocycles. The minimum Gasteiger partial charge on any atom is -0.388 e. The van der Waals surface area contributed by atoms with Crippen molar-refractivity contribution in [2.24, 2.45) is 0 Å². The highest BCUT2D eigenvalue weighted by Crippen LogP contribution is 2.24. The van der Waals surface area contributed by atoms with Gasteiger partial charge >= 0.3 is 0 Å². The Morgan fingerprint density at radius 1 is 1.50 bits per heavy atom. The number of amides is 1. The van der Waals surface area contributed by atoms with E-state index in [9.17, 15) is 9.90 Å². The highest BCUT2D eigenvalue weighted by molar-refractivity contribution is 5.96. The second-order valence-electron chi connectivity index (χ2n) is 5.25. The summed E-state index contributed by atoms with van der Waals surface area (Å²) < 4.78 is 0. The lowest BCUT2D eigenvalue weighted by Crippen LogP contribution is -2.34. The minimum atomic E-state index is -0.742. The molecule has 4 nitrogen and oxygen atoms in total. The Balaban J connectivity index is 2.19. The third-order valence-corrected chi connectivity index (χ3v) is 3.48. The number of benzene rings is 1. The van der Waals surface area contributed by atoms with Crippen LogP contribution in [0.3, 0.4) is 0 Å². The van der Waals surface area contributed by atoms with E-state index in [0.29, 0.717) is 25.1 Å². The van der Waals surface area contributed by atoms with Crippen LogP contribution in [0.2, 0.25) is 0 Å². The van der Waals surface area contributed by atoms with Crippen LogP contribution in [0.1, 0.15) is 29.3 Å². The average molecular weight is 248 g/mol. The predicted octanol–water partition coefficient (Wildman–Crippen LogP) is 1.63. The first kappa shape index (κ1) is 12.9. The Kier molecular flexibility index (Phi) is 3.30. The maximum atomic E-state index is 12.3. The molecular weight excluding hydrogens is 228 g/mol. The number of carbonyl (C=O) groups is 1. The second-order valence-corrected chi connectivity index (χ2v) is 5.25. The molecular formula is C14H20N2O2. The van der Waals surface area contributed by atoms with Crippen LogP contribution in [0.25, 0.3) is 0 Å². The van der Waals surface area contributed by atoms with Crippen LogP contribution in [-0.4, -0.2) is 41.7 Å². The first-order valence-electron chi connectivity index (χ1n) is 6.23. The molecule has 1 aromatic carbocycles. The van der Waals surface area contributed by atoms with Gasteiger partial charge in [0.15, 0.2) is 0 Å². The summed E-state index contributed by atoms with van der Waals surface area (Å²) in [6, 6.07) is 5.70. The van der Waals surface area contributed by atoms with E-state index in [-0.39, 0.29) is 5.91 Å². The van der Waals surface area contributed by atoms with E-state index in [0.717, 1.165) is 11.3 Å². The molecule has 0 spiro atoms. The number of aliphatic hydroxyl groups is 1. The highest BCUT2D eigenvalue weighted by Gasteiger charge is 2.34. The van der Waals surface area contributed by atoms with Gasteiger partial charge < -0.3 is 15.3 Å². The number of anilines is 1. The number of nitrogens with zero attached hydrogens (tertiary/aromatic N) is 1. The Hall–Kier alpha value is -1.55. The Labute approximate surface area is 108 Å². The molecule has 1 amide bonds. The molecule has 1 atom stereocenters. The van der Waals surface area contributed by atoms with Crippen molar-refractivity contribution in [3.8, 4) is 0 Å². The van der Waals surface area contributed by atoms with Gasteiger partial charge in [0.2, 0.25) is 0 Å². The third-order valence-electron chi connectivity index (χ3n) is 3.48. The summed E-state index contributed by atoms with van der Waals surface area (Å²) in [6.07, 6.45) is 0.645. The smallest absolute Gasteiger partial charge is 0.254 e. The molecule has 1 heterocycles. The van der Waals surface area contributed by atoms with E-state index >= 15 is 0 Å². The van der Waals surface area contributed by atoms with Crippen LogP contribution in [0.15, 0.2) is 18.2 Å². The van der Waals surface area contributed by atoms with E-state index < -0.39 is 5.60 Å². The summed E-state index contributed by atoms with van der Waals surface area (Å²) in [4.78, 5) is 14.1. The van der Waals surface area contributed by atoms with Gasteiger partial charge in [0.05, 0.1) is 5.60 Å². The molecule has 1 aliphatic heterocycles. The summed E-state index contributed by atoms with van der Waals surface area (Å²) in [6.45, 7) is 4.75. The van der Waals surface area contributed by atoms with Gasteiger partial charge in [0.1, 0.15) is 0 Å². The minimum absolute atomic E-state index is 0.00734. The van der Waals surface area contributed by atoms with Crippen LogP contribution < -0.4 is 5.32 Å². The van der Waals surface area contributed by atoms with Crippen molar-refractivity contribution in [3.63, 3.8) is 0 Å². The Morgan fingerprint density at radius 2 is 2.22 bits per heavy atom. The second kappa shape index (κ2) is 4.61. The number of carbonyl (C=O) groups excluding carboxylic acids is 1. The highest BCUT2D eigenvalue weighted by atomic mass is 16.3. The van der Waals surface area contributed by atoms with Gasteiger partial charge in [0.25, 0.3) is 5.91 Å². The molecule has 0 aliphatic carbocycles. The number of aryl methyl sites for hydroxylation is 1. The molecule has 98 valence electrons. The van der Waals surface area contributed by atoms with Crippen molar-refractivity contribution in [1.29, 1.82) is 0 Å². The first-order valence-corrected chi connectivity index (χ1v) is 6.23. The molecule has 1 fully saturated rings. The fourth-order valence-electron chi connectivity index (χ4n) is 2.35. The number of likely N-dealkylation sites (tertiary alicyclic amines) is 1. The van der Waals surface area contributed by atoms with E-state index in [4.69, 9.17) is 0 Å². The number of nitrogens with one attached hydrogen (secondary N) is 1.